The van der Waals surface area contributed by atoms with Gasteiger partial charge in [-0.15, -0.1) is 0 Å². The molecule has 0 spiro atoms. The summed E-state index contributed by atoms with van der Waals surface area (Å²) in [6, 6.07) is 0. The molecule has 106 valence electrons. The standard InChI is InChI=1S/C12H20N4O3/c1-4-16(5-2)7-6-13-8(3)9-10(17)14-12(19)15-11(9)18/h4-7H2,1-3H3,(H3,14,15,17,18,19). The molecule has 1 rings (SSSR count). The first-order valence-electron chi connectivity index (χ1n) is 6.28. The van der Waals surface area contributed by atoms with Crippen LogP contribution in [0.25, 0.3) is 0 Å². The van der Waals surface area contributed by atoms with Gasteiger partial charge in [0.05, 0.1) is 6.54 Å². The topological polar surface area (TPSA) is 102 Å². The summed E-state index contributed by atoms with van der Waals surface area (Å²) < 4.78 is 0. The number of aromatic hydroxyl groups is 1. The first-order chi connectivity index (χ1) is 8.99. The Labute approximate surface area is 111 Å². The molecule has 0 radical (unpaired) electrons. The van der Waals surface area contributed by atoms with Gasteiger partial charge in [0.2, 0.25) is 5.88 Å². The summed E-state index contributed by atoms with van der Waals surface area (Å²) in [5.74, 6) is -0.446. The molecule has 1 heterocycles. The molecule has 0 atom stereocenters. The van der Waals surface area contributed by atoms with Gasteiger partial charge >= 0.3 is 5.69 Å². The zero-order chi connectivity index (χ0) is 14.4. The molecule has 7 nitrogen and oxygen atoms in total. The van der Waals surface area contributed by atoms with E-state index in [1.54, 1.807) is 6.92 Å². The van der Waals surface area contributed by atoms with Gasteiger partial charge in [-0.1, -0.05) is 13.8 Å². The maximum atomic E-state index is 11.6. The van der Waals surface area contributed by atoms with Crippen LogP contribution >= 0.6 is 0 Å². The number of nitrogens with zero attached hydrogens (tertiary/aromatic N) is 2. The minimum atomic E-state index is -0.734. The molecule has 0 aliphatic heterocycles. The monoisotopic (exact) mass is 268 g/mol. The third-order valence-corrected chi connectivity index (χ3v) is 2.94. The fourth-order valence-electron chi connectivity index (χ4n) is 1.79. The van der Waals surface area contributed by atoms with E-state index >= 15 is 0 Å². The van der Waals surface area contributed by atoms with Crippen molar-refractivity contribution in [3.05, 3.63) is 26.4 Å². The molecule has 0 amide bonds. The molecule has 0 fully saturated rings. The summed E-state index contributed by atoms with van der Waals surface area (Å²) in [5, 5.41) is 9.58. The first kappa shape index (κ1) is 15.2. The van der Waals surface area contributed by atoms with Gasteiger partial charge in [0.25, 0.3) is 5.56 Å². The van der Waals surface area contributed by atoms with E-state index < -0.39 is 17.1 Å². The fraction of sp³-hybridized carbons (Fsp3) is 0.583. The molecule has 7 heteroatoms. The van der Waals surface area contributed by atoms with Crippen LogP contribution in [0.5, 0.6) is 5.88 Å². The molecule has 0 aliphatic rings. The SMILES string of the molecule is CCN(CC)CCN=C(C)c1c(O)[nH]c(=O)[nH]c1=O. The highest BCUT2D eigenvalue weighted by Crippen LogP contribution is 2.06. The lowest BCUT2D eigenvalue weighted by molar-refractivity contribution is 0.313. The number of H-pyrrole nitrogens is 2. The molecule has 0 unspecified atom stereocenters. The predicted molar refractivity (Wildman–Crippen MR) is 74.2 cm³/mol. The van der Waals surface area contributed by atoms with Gasteiger partial charge in [-0.2, -0.15) is 0 Å². The summed E-state index contributed by atoms with van der Waals surface area (Å²) >= 11 is 0. The van der Waals surface area contributed by atoms with Crippen molar-refractivity contribution in [3.8, 4) is 5.88 Å². The van der Waals surface area contributed by atoms with E-state index in [2.05, 4.69) is 33.7 Å². The zero-order valence-electron chi connectivity index (χ0n) is 11.5. The summed E-state index contributed by atoms with van der Waals surface area (Å²) in [4.78, 5) is 33.2. The second kappa shape index (κ2) is 6.89. The maximum Gasteiger partial charge on any atom is 0.328 e. The van der Waals surface area contributed by atoms with Gasteiger partial charge in [-0.05, 0) is 20.0 Å². The van der Waals surface area contributed by atoms with E-state index in [1.165, 1.54) is 0 Å². The van der Waals surface area contributed by atoms with Gasteiger partial charge in [-0.3, -0.25) is 19.8 Å². The Morgan fingerprint density at radius 3 is 2.42 bits per heavy atom. The number of rotatable bonds is 6. The van der Waals surface area contributed by atoms with Gasteiger partial charge in [0, 0.05) is 12.3 Å². The van der Waals surface area contributed by atoms with Crippen LogP contribution in [0.1, 0.15) is 26.3 Å². The number of hydrogen-bond donors (Lipinski definition) is 3. The summed E-state index contributed by atoms with van der Waals surface area (Å²) in [6.07, 6.45) is 0. The average Bonchev–Trinajstić information content (AvgIpc) is 2.33. The Morgan fingerprint density at radius 1 is 1.26 bits per heavy atom. The molecular formula is C12H20N4O3. The molecule has 0 aliphatic carbocycles. The van der Waals surface area contributed by atoms with Gasteiger partial charge < -0.3 is 10.0 Å². The van der Waals surface area contributed by atoms with E-state index in [-0.39, 0.29) is 5.56 Å². The van der Waals surface area contributed by atoms with Crippen molar-refractivity contribution in [1.29, 1.82) is 0 Å². The van der Waals surface area contributed by atoms with E-state index in [0.717, 1.165) is 19.6 Å². The van der Waals surface area contributed by atoms with Crippen LogP contribution in [0.15, 0.2) is 14.6 Å². The van der Waals surface area contributed by atoms with Crippen LogP contribution in [0.3, 0.4) is 0 Å². The second-order valence-electron chi connectivity index (χ2n) is 4.13. The van der Waals surface area contributed by atoms with E-state index in [1.807, 2.05) is 0 Å². The normalized spacial score (nSPS) is 12.1. The molecule has 1 aromatic rings. The third-order valence-electron chi connectivity index (χ3n) is 2.94. The number of nitrogens with one attached hydrogen (secondary N) is 2. The largest absolute Gasteiger partial charge is 0.494 e. The van der Waals surface area contributed by atoms with Crippen LogP contribution < -0.4 is 11.2 Å². The molecule has 19 heavy (non-hydrogen) atoms. The maximum absolute atomic E-state index is 11.6. The summed E-state index contributed by atoms with van der Waals surface area (Å²) in [5.41, 5.74) is -0.950. The third kappa shape index (κ3) is 4.06. The molecule has 1 aromatic heterocycles. The van der Waals surface area contributed by atoms with Gasteiger partial charge in [-0.25, -0.2) is 4.79 Å². The van der Waals surface area contributed by atoms with Crippen LogP contribution in [0, 0.1) is 0 Å². The van der Waals surface area contributed by atoms with Crippen LogP contribution in [-0.4, -0.2) is 51.9 Å². The van der Waals surface area contributed by atoms with E-state index in [9.17, 15) is 14.7 Å². The number of hydrogen-bond acceptors (Lipinski definition) is 5. The van der Waals surface area contributed by atoms with E-state index in [4.69, 9.17) is 0 Å². The summed E-state index contributed by atoms with van der Waals surface area (Å²) in [6.45, 7) is 8.96. The number of aromatic nitrogens is 2. The zero-order valence-corrected chi connectivity index (χ0v) is 11.5. The first-order valence-corrected chi connectivity index (χ1v) is 6.28. The highest BCUT2D eigenvalue weighted by molar-refractivity contribution is 6.00. The van der Waals surface area contributed by atoms with Crippen molar-refractivity contribution >= 4 is 5.71 Å². The second-order valence-corrected chi connectivity index (χ2v) is 4.13. The van der Waals surface area contributed by atoms with Crippen molar-refractivity contribution in [2.24, 2.45) is 4.99 Å². The van der Waals surface area contributed by atoms with Crippen LogP contribution in [-0.2, 0) is 0 Å². The van der Waals surface area contributed by atoms with Crippen molar-refractivity contribution in [2.45, 2.75) is 20.8 Å². The predicted octanol–water partition coefficient (Wildman–Crippen LogP) is -0.0804. The van der Waals surface area contributed by atoms with Crippen molar-refractivity contribution < 1.29 is 5.11 Å². The van der Waals surface area contributed by atoms with Gasteiger partial charge in [0.1, 0.15) is 5.56 Å². The molecule has 0 bridgehead atoms. The molecule has 3 N–H and O–H groups in total. The average molecular weight is 268 g/mol. The Kier molecular flexibility index (Phi) is 5.50. The highest BCUT2D eigenvalue weighted by Gasteiger charge is 2.11. The minimum Gasteiger partial charge on any atom is -0.494 e. The van der Waals surface area contributed by atoms with Gasteiger partial charge in [0.15, 0.2) is 0 Å². The lowest BCUT2D eigenvalue weighted by Gasteiger charge is -2.16. The fourth-order valence-corrected chi connectivity index (χ4v) is 1.79. The smallest absolute Gasteiger partial charge is 0.328 e. The Morgan fingerprint density at radius 2 is 1.89 bits per heavy atom. The van der Waals surface area contributed by atoms with Crippen LogP contribution in [0.4, 0.5) is 0 Å². The molecule has 0 saturated carbocycles. The number of aliphatic imine (C=N–C) groups is 1. The van der Waals surface area contributed by atoms with Crippen molar-refractivity contribution in [1.82, 2.24) is 14.9 Å². The minimum absolute atomic E-state index is 0.0131. The van der Waals surface area contributed by atoms with Crippen molar-refractivity contribution in [3.63, 3.8) is 0 Å². The Bertz CT molecular complexity index is 555. The lowest BCUT2D eigenvalue weighted by Crippen LogP contribution is -2.28. The van der Waals surface area contributed by atoms with Crippen molar-refractivity contribution in [2.75, 3.05) is 26.2 Å². The lowest BCUT2D eigenvalue weighted by atomic mass is 10.2. The Hall–Kier alpha value is -1.89. The highest BCUT2D eigenvalue weighted by atomic mass is 16.3. The van der Waals surface area contributed by atoms with Crippen LogP contribution in [0.2, 0.25) is 0 Å². The van der Waals surface area contributed by atoms with E-state index in [0.29, 0.717) is 12.3 Å². The number of aromatic amines is 2. The molecule has 0 aromatic carbocycles. The summed E-state index contributed by atoms with van der Waals surface area (Å²) in [7, 11) is 0. The molecular weight excluding hydrogens is 248 g/mol. The quantitative estimate of drug-likeness (QED) is 0.628. The Balaban J connectivity index is 2.86. The molecule has 0 saturated heterocycles. The number of likely N-dealkylation sites (N-methyl/N-ethyl adjacent to an activating group) is 1.